The first kappa shape index (κ1) is 16.2. The number of hydrogen-bond donors (Lipinski definition) is 2. The standard InChI is InChI=1S/C16H24N2O2/c1-4-5-6-7-10-17-15(19)16(20)18-14-11-12(2)8-9-13(14)3/h8-9,11H,4-7,10H2,1-3H3,(H,17,19)(H,18,20). The van der Waals surface area contributed by atoms with Crippen LogP contribution < -0.4 is 10.6 Å². The summed E-state index contributed by atoms with van der Waals surface area (Å²) in [6, 6.07) is 5.76. The average Bonchev–Trinajstić information content (AvgIpc) is 2.42. The minimum absolute atomic E-state index is 0.555. The van der Waals surface area contributed by atoms with Crippen LogP contribution in [0.1, 0.15) is 43.7 Å². The lowest BCUT2D eigenvalue weighted by molar-refractivity contribution is -0.136. The Morgan fingerprint density at radius 2 is 1.80 bits per heavy atom. The van der Waals surface area contributed by atoms with E-state index in [0.29, 0.717) is 12.2 Å². The highest BCUT2D eigenvalue weighted by atomic mass is 16.2. The first-order chi connectivity index (χ1) is 9.54. The number of unbranched alkanes of at least 4 members (excludes halogenated alkanes) is 3. The van der Waals surface area contributed by atoms with Crippen molar-refractivity contribution in [2.75, 3.05) is 11.9 Å². The van der Waals surface area contributed by atoms with Crippen LogP contribution in [0.15, 0.2) is 18.2 Å². The van der Waals surface area contributed by atoms with Crippen LogP contribution in [-0.2, 0) is 9.59 Å². The number of anilines is 1. The number of nitrogens with one attached hydrogen (secondary N) is 2. The SMILES string of the molecule is CCCCCCNC(=O)C(=O)Nc1cc(C)ccc1C. The third kappa shape index (κ3) is 5.43. The molecule has 2 N–H and O–H groups in total. The highest BCUT2D eigenvalue weighted by Gasteiger charge is 2.13. The molecule has 1 aromatic carbocycles. The maximum Gasteiger partial charge on any atom is 0.313 e. The largest absolute Gasteiger partial charge is 0.348 e. The summed E-state index contributed by atoms with van der Waals surface area (Å²) in [7, 11) is 0. The van der Waals surface area contributed by atoms with E-state index in [0.717, 1.165) is 36.8 Å². The molecular formula is C16H24N2O2. The summed E-state index contributed by atoms with van der Waals surface area (Å²) in [5, 5.41) is 5.30. The monoisotopic (exact) mass is 276 g/mol. The van der Waals surface area contributed by atoms with Crippen molar-refractivity contribution in [1.29, 1.82) is 0 Å². The number of amides is 2. The molecule has 20 heavy (non-hydrogen) atoms. The molecule has 0 saturated heterocycles. The van der Waals surface area contributed by atoms with Crippen LogP contribution in [0.2, 0.25) is 0 Å². The molecule has 0 bridgehead atoms. The molecule has 110 valence electrons. The summed E-state index contributed by atoms with van der Waals surface area (Å²) in [5.74, 6) is -1.17. The first-order valence-corrected chi connectivity index (χ1v) is 7.21. The van der Waals surface area contributed by atoms with Gasteiger partial charge in [0.15, 0.2) is 0 Å². The van der Waals surface area contributed by atoms with E-state index in [4.69, 9.17) is 0 Å². The van der Waals surface area contributed by atoms with Crippen molar-refractivity contribution in [3.8, 4) is 0 Å². The minimum Gasteiger partial charge on any atom is -0.348 e. The van der Waals surface area contributed by atoms with Gasteiger partial charge in [-0.05, 0) is 37.5 Å². The van der Waals surface area contributed by atoms with Crippen molar-refractivity contribution in [2.24, 2.45) is 0 Å². The predicted molar refractivity (Wildman–Crippen MR) is 81.7 cm³/mol. The normalized spacial score (nSPS) is 10.2. The van der Waals surface area contributed by atoms with Gasteiger partial charge in [0.2, 0.25) is 0 Å². The molecule has 0 saturated carbocycles. The Kier molecular flexibility index (Phi) is 6.77. The zero-order valence-electron chi connectivity index (χ0n) is 12.6. The molecule has 1 aromatic rings. The van der Waals surface area contributed by atoms with Gasteiger partial charge in [-0.1, -0.05) is 38.3 Å². The number of carbonyl (C=O) groups excluding carboxylic acids is 2. The molecule has 0 aliphatic heterocycles. The second kappa shape index (κ2) is 8.35. The van der Waals surface area contributed by atoms with Crippen molar-refractivity contribution < 1.29 is 9.59 Å². The zero-order chi connectivity index (χ0) is 15.0. The van der Waals surface area contributed by atoms with Gasteiger partial charge in [-0.15, -0.1) is 0 Å². The second-order valence-corrected chi connectivity index (χ2v) is 5.09. The van der Waals surface area contributed by atoms with Crippen LogP contribution in [0.4, 0.5) is 5.69 Å². The fourth-order valence-electron chi connectivity index (χ4n) is 1.88. The van der Waals surface area contributed by atoms with Crippen molar-refractivity contribution >= 4 is 17.5 Å². The Bertz CT molecular complexity index is 470. The summed E-state index contributed by atoms with van der Waals surface area (Å²) in [6.45, 7) is 6.54. The Morgan fingerprint density at radius 3 is 2.50 bits per heavy atom. The lowest BCUT2D eigenvalue weighted by Crippen LogP contribution is -2.36. The third-order valence-electron chi connectivity index (χ3n) is 3.16. The van der Waals surface area contributed by atoms with Gasteiger partial charge in [-0.3, -0.25) is 9.59 Å². The average molecular weight is 276 g/mol. The first-order valence-electron chi connectivity index (χ1n) is 7.21. The number of hydrogen-bond acceptors (Lipinski definition) is 2. The van der Waals surface area contributed by atoms with Gasteiger partial charge < -0.3 is 10.6 Å². The van der Waals surface area contributed by atoms with Crippen LogP contribution >= 0.6 is 0 Å². The second-order valence-electron chi connectivity index (χ2n) is 5.09. The smallest absolute Gasteiger partial charge is 0.313 e. The van der Waals surface area contributed by atoms with E-state index in [1.54, 1.807) is 0 Å². The van der Waals surface area contributed by atoms with Gasteiger partial charge in [0.25, 0.3) is 0 Å². The topological polar surface area (TPSA) is 58.2 Å². The van der Waals surface area contributed by atoms with Gasteiger partial charge in [0.1, 0.15) is 0 Å². The number of benzene rings is 1. The Labute approximate surface area is 121 Å². The molecular weight excluding hydrogens is 252 g/mol. The summed E-state index contributed by atoms with van der Waals surface area (Å²) < 4.78 is 0. The molecule has 1 rings (SSSR count). The van der Waals surface area contributed by atoms with E-state index in [2.05, 4.69) is 17.6 Å². The fourth-order valence-corrected chi connectivity index (χ4v) is 1.88. The summed E-state index contributed by atoms with van der Waals surface area (Å²) in [6.07, 6.45) is 4.30. The molecule has 0 heterocycles. The van der Waals surface area contributed by atoms with Crippen molar-refractivity contribution in [3.63, 3.8) is 0 Å². The van der Waals surface area contributed by atoms with Crippen LogP contribution in [0.3, 0.4) is 0 Å². The zero-order valence-corrected chi connectivity index (χ0v) is 12.6. The quantitative estimate of drug-likeness (QED) is 0.620. The molecule has 0 atom stereocenters. The van der Waals surface area contributed by atoms with E-state index < -0.39 is 11.8 Å². The Balaban J connectivity index is 2.41. The molecule has 4 nitrogen and oxygen atoms in total. The van der Waals surface area contributed by atoms with Gasteiger partial charge in [-0.2, -0.15) is 0 Å². The minimum atomic E-state index is -0.603. The molecule has 0 spiro atoms. The Morgan fingerprint density at radius 1 is 1.05 bits per heavy atom. The van der Waals surface area contributed by atoms with Crippen LogP contribution in [-0.4, -0.2) is 18.4 Å². The maximum atomic E-state index is 11.8. The molecule has 0 unspecified atom stereocenters. The predicted octanol–water partition coefficient (Wildman–Crippen LogP) is 2.94. The molecule has 0 aromatic heterocycles. The number of carbonyl (C=O) groups is 2. The van der Waals surface area contributed by atoms with E-state index in [9.17, 15) is 9.59 Å². The van der Waals surface area contributed by atoms with Gasteiger partial charge in [-0.25, -0.2) is 0 Å². The summed E-state index contributed by atoms with van der Waals surface area (Å²) in [4.78, 5) is 23.4. The van der Waals surface area contributed by atoms with Crippen molar-refractivity contribution in [2.45, 2.75) is 46.5 Å². The Hall–Kier alpha value is -1.84. The highest BCUT2D eigenvalue weighted by Crippen LogP contribution is 2.16. The third-order valence-corrected chi connectivity index (χ3v) is 3.16. The lowest BCUT2D eigenvalue weighted by atomic mass is 10.1. The van der Waals surface area contributed by atoms with Crippen LogP contribution in [0.5, 0.6) is 0 Å². The van der Waals surface area contributed by atoms with Crippen LogP contribution in [0.25, 0.3) is 0 Å². The maximum absolute atomic E-state index is 11.8. The molecule has 2 amide bonds. The highest BCUT2D eigenvalue weighted by molar-refractivity contribution is 6.39. The van der Waals surface area contributed by atoms with E-state index in [1.165, 1.54) is 0 Å². The fraction of sp³-hybridized carbons (Fsp3) is 0.500. The summed E-state index contributed by atoms with van der Waals surface area (Å²) in [5.41, 5.74) is 2.68. The molecule has 4 heteroatoms. The van der Waals surface area contributed by atoms with Crippen molar-refractivity contribution in [3.05, 3.63) is 29.3 Å². The van der Waals surface area contributed by atoms with Crippen LogP contribution in [0, 0.1) is 13.8 Å². The molecule has 0 radical (unpaired) electrons. The van der Waals surface area contributed by atoms with E-state index >= 15 is 0 Å². The molecule has 0 aliphatic rings. The summed E-state index contributed by atoms with van der Waals surface area (Å²) >= 11 is 0. The van der Waals surface area contributed by atoms with Gasteiger partial charge in [0.05, 0.1) is 0 Å². The van der Waals surface area contributed by atoms with Crippen molar-refractivity contribution in [1.82, 2.24) is 5.32 Å². The van der Waals surface area contributed by atoms with E-state index in [-0.39, 0.29) is 0 Å². The lowest BCUT2D eigenvalue weighted by Gasteiger charge is -2.09. The van der Waals surface area contributed by atoms with Gasteiger partial charge in [0, 0.05) is 12.2 Å². The van der Waals surface area contributed by atoms with Gasteiger partial charge >= 0.3 is 11.8 Å². The van der Waals surface area contributed by atoms with E-state index in [1.807, 2.05) is 32.0 Å². The number of aryl methyl sites for hydroxylation is 2. The molecule has 0 aliphatic carbocycles. The number of rotatable bonds is 6. The molecule has 0 fully saturated rings.